The van der Waals surface area contributed by atoms with E-state index in [1.807, 2.05) is 54.6 Å². The first-order valence-corrected chi connectivity index (χ1v) is 8.97. The van der Waals surface area contributed by atoms with E-state index in [-0.39, 0.29) is 30.9 Å². The van der Waals surface area contributed by atoms with Crippen LogP contribution in [0.2, 0.25) is 0 Å². The summed E-state index contributed by atoms with van der Waals surface area (Å²) in [5.74, 6) is -0.557. The Morgan fingerprint density at radius 1 is 1.04 bits per heavy atom. The van der Waals surface area contributed by atoms with Gasteiger partial charge in [0.2, 0.25) is 0 Å². The fourth-order valence-corrected chi connectivity index (χ4v) is 2.82. The van der Waals surface area contributed by atoms with Crippen LogP contribution >= 0.6 is 0 Å². The summed E-state index contributed by atoms with van der Waals surface area (Å²) in [7, 11) is 0. The zero-order valence-electron chi connectivity index (χ0n) is 15.4. The second-order valence-corrected chi connectivity index (χ2v) is 6.48. The van der Waals surface area contributed by atoms with Crippen molar-refractivity contribution in [1.29, 1.82) is 0 Å². The van der Waals surface area contributed by atoms with Crippen LogP contribution in [-0.4, -0.2) is 29.5 Å². The number of carbonyl (C=O) groups excluding carboxylic acids is 2. The largest absolute Gasteiger partial charge is 0.463 e. The molecule has 0 unspecified atom stereocenters. The zero-order valence-corrected chi connectivity index (χ0v) is 15.4. The van der Waals surface area contributed by atoms with Crippen molar-refractivity contribution in [3.8, 4) is 11.3 Å². The van der Waals surface area contributed by atoms with E-state index < -0.39 is 0 Å². The molecule has 0 spiro atoms. The van der Waals surface area contributed by atoms with Gasteiger partial charge in [0, 0.05) is 17.5 Å². The second kappa shape index (κ2) is 8.45. The van der Waals surface area contributed by atoms with Crippen LogP contribution in [0.4, 0.5) is 0 Å². The van der Waals surface area contributed by atoms with Gasteiger partial charge in [0.25, 0.3) is 5.91 Å². The van der Waals surface area contributed by atoms with Crippen molar-refractivity contribution in [2.24, 2.45) is 0 Å². The molecule has 5 heteroatoms. The third kappa shape index (κ3) is 4.70. The van der Waals surface area contributed by atoms with Crippen LogP contribution < -0.4 is 5.32 Å². The summed E-state index contributed by atoms with van der Waals surface area (Å²) < 4.78 is 5.08. The summed E-state index contributed by atoms with van der Waals surface area (Å²) in [5, 5.41) is 3.58. The first-order valence-electron chi connectivity index (χ1n) is 8.97. The van der Waals surface area contributed by atoms with E-state index in [4.69, 9.17) is 4.74 Å². The summed E-state index contributed by atoms with van der Waals surface area (Å²) in [6.07, 6.45) is -0.0239. The molecule has 0 atom stereocenters. The minimum atomic E-state index is -0.324. The predicted octanol–water partition coefficient (Wildman–Crippen LogP) is 3.97. The molecule has 1 N–H and O–H groups in total. The Balaban J connectivity index is 1.84. The summed E-state index contributed by atoms with van der Waals surface area (Å²) in [6.45, 7) is 3.82. The molecule has 1 aromatic heterocycles. The Morgan fingerprint density at radius 2 is 1.74 bits per heavy atom. The number of pyridine rings is 1. The smallest absolute Gasteiger partial charge is 0.307 e. The van der Waals surface area contributed by atoms with Gasteiger partial charge in [-0.15, -0.1) is 0 Å². The molecule has 2 aromatic carbocycles. The number of benzene rings is 2. The van der Waals surface area contributed by atoms with E-state index in [9.17, 15) is 9.59 Å². The normalized spacial score (nSPS) is 10.8. The number of hydrogen-bond donors (Lipinski definition) is 1. The van der Waals surface area contributed by atoms with Gasteiger partial charge in [-0.2, -0.15) is 0 Å². The number of aromatic nitrogens is 1. The molecule has 0 bridgehead atoms. The minimum absolute atomic E-state index is 0.137. The molecule has 0 aliphatic carbocycles. The van der Waals surface area contributed by atoms with E-state index >= 15 is 0 Å². The van der Waals surface area contributed by atoms with Crippen LogP contribution in [0, 0.1) is 0 Å². The van der Waals surface area contributed by atoms with Gasteiger partial charge in [-0.3, -0.25) is 9.59 Å². The molecule has 1 heterocycles. The van der Waals surface area contributed by atoms with E-state index in [0.29, 0.717) is 5.56 Å². The van der Waals surface area contributed by atoms with Crippen molar-refractivity contribution in [3.05, 3.63) is 66.2 Å². The van der Waals surface area contributed by atoms with Gasteiger partial charge in [0.05, 0.1) is 29.3 Å². The molecular weight excluding hydrogens is 340 g/mol. The highest BCUT2D eigenvalue weighted by atomic mass is 16.5. The van der Waals surface area contributed by atoms with Crippen LogP contribution in [0.15, 0.2) is 60.7 Å². The summed E-state index contributed by atoms with van der Waals surface area (Å²) in [5.41, 5.74) is 2.97. The summed E-state index contributed by atoms with van der Waals surface area (Å²) in [4.78, 5) is 29.1. The van der Waals surface area contributed by atoms with E-state index in [1.54, 1.807) is 19.9 Å². The van der Waals surface area contributed by atoms with Crippen molar-refractivity contribution in [2.75, 3.05) is 6.54 Å². The second-order valence-electron chi connectivity index (χ2n) is 6.48. The lowest BCUT2D eigenvalue weighted by molar-refractivity contribution is -0.147. The number of ether oxygens (including phenoxy) is 1. The Morgan fingerprint density at radius 3 is 2.48 bits per heavy atom. The van der Waals surface area contributed by atoms with Crippen LogP contribution in [0.5, 0.6) is 0 Å². The third-order valence-corrected chi connectivity index (χ3v) is 4.01. The number of nitrogens with one attached hydrogen (secondary N) is 1. The first-order chi connectivity index (χ1) is 13.0. The highest BCUT2D eigenvalue weighted by Crippen LogP contribution is 2.24. The van der Waals surface area contributed by atoms with Crippen LogP contribution in [0.1, 0.15) is 30.6 Å². The van der Waals surface area contributed by atoms with E-state index in [0.717, 1.165) is 22.2 Å². The number of nitrogens with zero attached hydrogens (tertiary/aromatic N) is 1. The molecule has 3 aromatic rings. The SMILES string of the molecule is CC(C)OC(=O)CCNC(=O)c1cc(-c2ccccc2)nc2ccccc12. The van der Waals surface area contributed by atoms with Gasteiger partial charge in [-0.05, 0) is 26.0 Å². The minimum Gasteiger partial charge on any atom is -0.463 e. The number of amides is 1. The predicted molar refractivity (Wildman–Crippen MR) is 105 cm³/mol. The van der Waals surface area contributed by atoms with Crippen LogP contribution in [-0.2, 0) is 9.53 Å². The van der Waals surface area contributed by atoms with Crippen molar-refractivity contribution in [2.45, 2.75) is 26.4 Å². The Hall–Kier alpha value is -3.21. The number of carbonyl (C=O) groups is 2. The molecule has 0 aliphatic heterocycles. The monoisotopic (exact) mass is 362 g/mol. The highest BCUT2D eigenvalue weighted by molar-refractivity contribution is 6.07. The van der Waals surface area contributed by atoms with Gasteiger partial charge in [-0.25, -0.2) is 4.98 Å². The van der Waals surface area contributed by atoms with Gasteiger partial charge in [-0.1, -0.05) is 48.5 Å². The van der Waals surface area contributed by atoms with Gasteiger partial charge < -0.3 is 10.1 Å². The number of rotatable bonds is 6. The number of esters is 1. The third-order valence-electron chi connectivity index (χ3n) is 4.01. The molecule has 0 saturated heterocycles. The molecular formula is C22H22N2O3. The molecule has 5 nitrogen and oxygen atoms in total. The molecule has 0 aliphatic rings. The molecule has 138 valence electrons. The first kappa shape index (κ1) is 18.6. The Labute approximate surface area is 158 Å². The molecule has 0 saturated carbocycles. The maximum atomic E-state index is 12.8. The van der Waals surface area contributed by atoms with Crippen molar-refractivity contribution < 1.29 is 14.3 Å². The van der Waals surface area contributed by atoms with E-state index in [1.165, 1.54) is 0 Å². The fourth-order valence-electron chi connectivity index (χ4n) is 2.82. The molecule has 1 amide bonds. The molecule has 0 fully saturated rings. The van der Waals surface area contributed by atoms with Crippen molar-refractivity contribution in [1.82, 2.24) is 10.3 Å². The number of fused-ring (bicyclic) bond motifs is 1. The fraction of sp³-hybridized carbons (Fsp3) is 0.227. The van der Waals surface area contributed by atoms with Crippen molar-refractivity contribution in [3.63, 3.8) is 0 Å². The molecule has 0 radical (unpaired) electrons. The summed E-state index contributed by atoms with van der Waals surface area (Å²) in [6, 6.07) is 19.1. The topological polar surface area (TPSA) is 68.3 Å². The Kier molecular flexibility index (Phi) is 5.81. The van der Waals surface area contributed by atoms with Crippen molar-refractivity contribution >= 4 is 22.8 Å². The standard InChI is InChI=1S/C22H22N2O3/c1-15(2)27-21(25)12-13-23-22(26)18-14-20(16-8-4-3-5-9-16)24-19-11-7-6-10-17(18)19/h3-11,14-15H,12-13H2,1-2H3,(H,23,26). The van der Waals surface area contributed by atoms with Gasteiger partial charge in [0.1, 0.15) is 0 Å². The maximum absolute atomic E-state index is 12.8. The van der Waals surface area contributed by atoms with Crippen LogP contribution in [0.3, 0.4) is 0 Å². The quantitative estimate of drug-likeness (QED) is 0.674. The number of hydrogen-bond acceptors (Lipinski definition) is 4. The maximum Gasteiger partial charge on any atom is 0.307 e. The van der Waals surface area contributed by atoms with Gasteiger partial charge in [0.15, 0.2) is 0 Å². The lowest BCUT2D eigenvalue weighted by Gasteiger charge is -2.11. The highest BCUT2D eigenvalue weighted by Gasteiger charge is 2.14. The van der Waals surface area contributed by atoms with Crippen LogP contribution in [0.25, 0.3) is 22.2 Å². The lowest BCUT2D eigenvalue weighted by Crippen LogP contribution is -2.27. The van der Waals surface area contributed by atoms with E-state index in [2.05, 4.69) is 10.3 Å². The average Bonchev–Trinajstić information content (AvgIpc) is 2.67. The van der Waals surface area contributed by atoms with Gasteiger partial charge >= 0.3 is 5.97 Å². The summed E-state index contributed by atoms with van der Waals surface area (Å²) >= 11 is 0. The lowest BCUT2D eigenvalue weighted by atomic mass is 10.0. The number of para-hydroxylation sites is 1. The molecule has 27 heavy (non-hydrogen) atoms. The molecule has 3 rings (SSSR count). The Bertz CT molecular complexity index is 952. The average molecular weight is 362 g/mol. The zero-order chi connectivity index (χ0) is 19.2.